The van der Waals surface area contributed by atoms with E-state index in [0.717, 1.165) is 17.8 Å². The molecule has 0 spiro atoms. The van der Waals surface area contributed by atoms with E-state index in [-0.39, 0.29) is 18.0 Å². The van der Waals surface area contributed by atoms with Crippen LogP contribution in [-0.2, 0) is 4.74 Å². The number of carbonyl (C=O) groups is 2. The number of anilines is 1. The molecule has 1 aliphatic heterocycles. The summed E-state index contributed by atoms with van der Waals surface area (Å²) in [5.74, 6) is -0.103. The van der Waals surface area contributed by atoms with Gasteiger partial charge in [-0.15, -0.1) is 0 Å². The first-order valence-electron chi connectivity index (χ1n) is 9.69. The highest BCUT2D eigenvalue weighted by Crippen LogP contribution is 2.34. The zero-order valence-corrected chi connectivity index (χ0v) is 17.1. The molecule has 3 rings (SSSR count). The van der Waals surface area contributed by atoms with Crippen molar-refractivity contribution in [2.75, 3.05) is 52.8 Å². The molecular weight excluding hydrogens is 368 g/mol. The number of hydrogen-bond donors (Lipinski definition) is 2. The summed E-state index contributed by atoms with van der Waals surface area (Å²) in [6, 6.07) is 14.9. The van der Waals surface area contributed by atoms with Crippen molar-refractivity contribution >= 4 is 17.5 Å². The Morgan fingerprint density at radius 3 is 2.55 bits per heavy atom. The number of rotatable bonds is 9. The van der Waals surface area contributed by atoms with Gasteiger partial charge in [0.05, 0.1) is 6.61 Å². The number of nitrogens with one attached hydrogen (secondary N) is 2. The number of amides is 2. The minimum atomic E-state index is -0.270. The molecule has 7 heteroatoms. The molecule has 0 bridgehead atoms. The van der Waals surface area contributed by atoms with E-state index >= 15 is 0 Å². The Morgan fingerprint density at radius 2 is 1.86 bits per heavy atom. The molecule has 7 nitrogen and oxygen atoms in total. The molecule has 154 valence electrons. The molecule has 2 aromatic rings. The van der Waals surface area contributed by atoms with Gasteiger partial charge in [0.25, 0.3) is 11.8 Å². The molecule has 0 aliphatic carbocycles. The average molecular weight is 396 g/mol. The van der Waals surface area contributed by atoms with Gasteiger partial charge < -0.3 is 25.2 Å². The van der Waals surface area contributed by atoms with Gasteiger partial charge in [-0.25, -0.2) is 0 Å². The second kappa shape index (κ2) is 9.54. The van der Waals surface area contributed by atoms with E-state index in [1.165, 1.54) is 0 Å². The highest BCUT2D eigenvalue weighted by Gasteiger charge is 2.36. The van der Waals surface area contributed by atoms with Crippen LogP contribution in [0.1, 0.15) is 32.4 Å². The molecule has 29 heavy (non-hydrogen) atoms. The van der Waals surface area contributed by atoms with Crippen molar-refractivity contribution in [2.24, 2.45) is 0 Å². The van der Waals surface area contributed by atoms with Crippen LogP contribution < -0.4 is 10.6 Å². The summed E-state index contributed by atoms with van der Waals surface area (Å²) in [5.41, 5.74) is 3.09. The predicted octanol–water partition coefficient (Wildman–Crippen LogP) is 2.19. The Kier molecular flexibility index (Phi) is 6.85. The summed E-state index contributed by atoms with van der Waals surface area (Å²) in [4.78, 5) is 28.8. The Morgan fingerprint density at radius 1 is 1.14 bits per heavy atom. The number of nitrogens with zero attached hydrogens (tertiary/aromatic N) is 2. The largest absolute Gasteiger partial charge is 0.383 e. The highest BCUT2D eigenvalue weighted by molar-refractivity contribution is 5.99. The van der Waals surface area contributed by atoms with E-state index in [2.05, 4.69) is 10.6 Å². The van der Waals surface area contributed by atoms with Gasteiger partial charge in [0.15, 0.2) is 0 Å². The molecule has 0 radical (unpaired) electrons. The monoisotopic (exact) mass is 396 g/mol. The zero-order chi connectivity index (χ0) is 20.8. The minimum absolute atomic E-state index is 0.00737. The van der Waals surface area contributed by atoms with Crippen LogP contribution in [0.15, 0.2) is 48.5 Å². The van der Waals surface area contributed by atoms with Crippen molar-refractivity contribution in [2.45, 2.75) is 6.17 Å². The molecule has 0 saturated carbocycles. The Labute approximate surface area is 171 Å². The van der Waals surface area contributed by atoms with Gasteiger partial charge in [-0.1, -0.05) is 18.2 Å². The Hall–Kier alpha value is -2.90. The molecule has 1 aliphatic rings. The third-order valence-electron chi connectivity index (χ3n) is 4.89. The van der Waals surface area contributed by atoms with Crippen LogP contribution in [0, 0.1) is 0 Å². The summed E-state index contributed by atoms with van der Waals surface area (Å²) >= 11 is 0. The van der Waals surface area contributed by atoms with Crippen molar-refractivity contribution in [3.63, 3.8) is 0 Å². The second-order valence-electron chi connectivity index (χ2n) is 7.26. The predicted molar refractivity (Wildman–Crippen MR) is 113 cm³/mol. The summed E-state index contributed by atoms with van der Waals surface area (Å²) in [6.07, 6.45) is -0.270. The van der Waals surface area contributed by atoms with Crippen LogP contribution >= 0.6 is 0 Å². The van der Waals surface area contributed by atoms with Crippen LogP contribution in [0.2, 0.25) is 0 Å². The maximum atomic E-state index is 12.8. The lowest BCUT2D eigenvalue weighted by Crippen LogP contribution is -2.35. The summed E-state index contributed by atoms with van der Waals surface area (Å²) in [6.45, 7) is 2.34. The lowest BCUT2D eigenvalue weighted by molar-refractivity contribution is 0.0674. The van der Waals surface area contributed by atoms with Crippen LogP contribution in [0.3, 0.4) is 0 Å². The third-order valence-corrected chi connectivity index (χ3v) is 4.89. The SMILES string of the molecule is COCCN1C(=O)c2ccccc2C1Nc1ccc(C(=O)NCCN(C)C)cc1. The average Bonchev–Trinajstić information content (AvgIpc) is 2.98. The van der Waals surface area contributed by atoms with Crippen LogP contribution in [0.4, 0.5) is 5.69 Å². The zero-order valence-electron chi connectivity index (χ0n) is 17.1. The Bertz CT molecular complexity index is 851. The molecule has 1 atom stereocenters. The summed E-state index contributed by atoms with van der Waals surface area (Å²) < 4.78 is 5.17. The fourth-order valence-electron chi connectivity index (χ4n) is 3.32. The fourth-order valence-corrected chi connectivity index (χ4v) is 3.32. The summed E-state index contributed by atoms with van der Waals surface area (Å²) in [5, 5.41) is 6.33. The number of fused-ring (bicyclic) bond motifs is 1. The number of carbonyl (C=O) groups excluding carboxylic acids is 2. The van der Waals surface area contributed by atoms with Crippen LogP contribution in [-0.4, -0.2) is 69.1 Å². The molecular formula is C22H28N4O3. The third kappa shape index (κ3) is 4.93. The molecule has 2 N–H and O–H groups in total. The number of methoxy groups -OCH3 is 1. The van der Waals surface area contributed by atoms with E-state index in [1.54, 1.807) is 24.1 Å². The fraction of sp³-hybridized carbons (Fsp3) is 0.364. The number of hydrogen-bond acceptors (Lipinski definition) is 5. The molecule has 0 fully saturated rings. The van der Waals surface area contributed by atoms with Gasteiger partial charge in [-0.3, -0.25) is 9.59 Å². The van der Waals surface area contributed by atoms with E-state index in [4.69, 9.17) is 4.74 Å². The first kappa shape index (κ1) is 20.8. The number of likely N-dealkylation sites (N-methyl/N-ethyl adjacent to an activating group) is 1. The smallest absolute Gasteiger partial charge is 0.256 e. The van der Waals surface area contributed by atoms with Crippen LogP contribution in [0.25, 0.3) is 0 Å². The molecule has 1 heterocycles. The lowest BCUT2D eigenvalue weighted by Gasteiger charge is -2.27. The Balaban J connectivity index is 1.71. The van der Waals surface area contributed by atoms with E-state index in [9.17, 15) is 9.59 Å². The lowest BCUT2D eigenvalue weighted by atomic mass is 10.1. The van der Waals surface area contributed by atoms with E-state index in [1.807, 2.05) is 55.4 Å². The van der Waals surface area contributed by atoms with Gasteiger partial charge >= 0.3 is 0 Å². The first-order valence-corrected chi connectivity index (χ1v) is 9.69. The number of benzene rings is 2. The van der Waals surface area contributed by atoms with Crippen molar-refractivity contribution in [3.8, 4) is 0 Å². The van der Waals surface area contributed by atoms with Gasteiger partial charge in [-0.2, -0.15) is 0 Å². The van der Waals surface area contributed by atoms with Gasteiger partial charge in [0.1, 0.15) is 6.17 Å². The van der Waals surface area contributed by atoms with Crippen molar-refractivity contribution < 1.29 is 14.3 Å². The van der Waals surface area contributed by atoms with Crippen molar-refractivity contribution in [1.29, 1.82) is 0 Å². The van der Waals surface area contributed by atoms with Crippen molar-refractivity contribution in [3.05, 3.63) is 65.2 Å². The maximum Gasteiger partial charge on any atom is 0.256 e. The second-order valence-corrected chi connectivity index (χ2v) is 7.26. The molecule has 2 amide bonds. The summed E-state index contributed by atoms with van der Waals surface area (Å²) in [7, 11) is 5.56. The molecule has 2 aromatic carbocycles. The quantitative estimate of drug-likeness (QED) is 0.680. The van der Waals surface area contributed by atoms with Gasteiger partial charge in [0, 0.05) is 49.1 Å². The van der Waals surface area contributed by atoms with Gasteiger partial charge in [-0.05, 0) is 44.4 Å². The molecule has 0 aromatic heterocycles. The minimum Gasteiger partial charge on any atom is -0.383 e. The van der Waals surface area contributed by atoms with Gasteiger partial charge in [0.2, 0.25) is 0 Å². The molecule has 0 saturated heterocycles. The normalized spacial score (nSPS) is 15.5. The van der Waals surface area contributed by atoms with Crippen molar-refractivity contribution in [1.82, 2.24) is 15.1 Å². The number of ether oxygens (including phenoxy) is 1. The van der Waals surface area contributed by atoms with E-state index in [0.29, 0.717) is 30.8 Å². The standard InChI is InChI=1S/C22H28N4O3/c1-25(2)13-12-23-21(27)16-8-10-17(11-9-16)24-20-18-6-4-5-7-19(18)22(28)26(20)14-15-29-3/h4-11,20,24H,12-15H2,1-3H3,(H,23,27). The molecule has 1 unspecified atom stereocenters. The first-order chi connectivity index (χ1) is 14.0. The van der Waals surface area contributed by atoms with E-state index < -0.39 is 0 Å². The topological polar surface area (TPSA) is 73.9 Å². The highest BCUT2D eigenvalue weighted by atomic mass is 16.5. The van der Waals surface area contributed by atoms with Crippen LogP contribution in [0.5, 0.6) is 0 Å². The maximum absolute atomic E-state index is 12.8.